The van der Waals surface area contributed by atoms with E-state index < -0.39 is 0 Å². The number of ether oxygens (including phenoxy) is 1. The number of hydrogen-bond donors (Lipinski definition) is 2. The van der Waals surface area contributed by atoms with Crippen LogP contribution in [-0.4, -0.2) is 38.3 Å². The fraction of sp³-hybridized carbons (Fsp3) is 0.917. The molecule has 1 aliphatic carbocycles. The van der Waals surface area contributed by atoms with Gasteiger partial charge in [0, 0.05) is 32.2 Å². The Labute approximate surface area is 98.1 Å². The first-order chi connectivity index (χ1) is 7.68. The van der Waals surface area contributed by atoms with Gasteiger partial charge in [-0.25, -0.2) is 0 Å². The van der Waals surface area contributed by atoms with E-state index in [2.05, 4.69) is 24.5 Å². The lowest BCUT2D eigenvalue weighted by atomic mass is 10.3. The summed E-state index contributed by atoms with van der Waals surface area (Å²) in [4.78, 5) is 11.3. The first-order valence-corrected chi connectivity index (χ1v) is 6.26. The first kappa shape index (κ1) is 13.5. The second kappa shape index (κ2) is 7.63. The van der Waals surface area contributed by atoms with E-state index in [4.69, 9.17) is 4.74 Å². The van der Waals surface area contributed by atoms with Crippen LogP contribution >= 0.6 is 0 Å². The summed E-state index contributed by atoms with van der Waals surface area (Å²) < 4.78 is 5.42. The first-order valence-electron chi connectivity index (χ1n) is 6.26. The highest BCUT2D eigenvalue weighted by molar-refractivity contribution is 5.75. The molecule has 0 heterocycles. The molecule has 1 fully saturated rings. The van der Waals surface area contributed by atoms with Gasteiger partial charge >= 0.3 is 0 Å². The Hall–Kier alpha value is -0.610. The van der Waals surface area contributed by atoms with Crippen molar-refractivity contribution in [3.05, 3.63) is 0 Å². The second-order valence-electron chi connectivity index (χ2n) is 4.73. The van der Waals surface area contributed by atoms with Crippen molar-refractivity contribution in [2.75, 3.05) is 26.3 Å². The lowest BCUT2D eigenvalue weighted by Crippen LogP contribution is -2.32. The molecule has 0 atom stereocenters. The van der Waals surface area contributed by atoms with Gasteiger partial charge in [-0.3, -0.25) is 4.79 Å². The molecule has 1 amide bonds. The maximum atomic E-state index is 11.3. The van der Waals surface area contributed by atoms with Crippen LogP contribution < -0.4 is 10.6 Å². The molecule has 1 saturated carbocycles. The molecule has 0 aromatic heterocycles. The number of amides is 1. The topological polar surface area (TPSA) is 50.4 Å². The van der Waals surface area contributed by atoms with Gasteiger partial charge < -0.3 is 15.4 Å². The molecule has 4 nitrogen and oxygen atoms in total. The highest BCUT2D eigenvalue weighted by Crippen LogP contribution is 2.28. The van der Waals surface area contributed by atoms with Crippen LogP contribution in [0.5, 0.6) is 0 Å². The van der Waals surface area contributed by atoms with E-state index in [9.17, 15) is 4.79 Å². The summed E-state index contributed by atoms with van der Waals surface area (Å²) in [6.45, 7) is 7.03. The molecule has 0 radical (unpaired) electrons. The van der Waals surface area contributed by atoms with E-state index in [0.717, 1.165) is 19.1 Å². The second-order valence-corrected chi connectivity index (χ2v) is 4.73. The van der Waals surface area contributed by atoms with Crippen LogP contribution in [0.3, 0.4) is 0 Å². The molecule has 94 valence electrons. The SMILES string of the molecule is CC(C)NCCC(=O)NCCOCC1CC1. The fourth-order valence-electron chi connectivity index (χ4n) is 1.36. The Morgan fingerprint density at radius 3 is 2.75 bits per heavy atom. The molecule has 0 aliphatic heterocycles. The molecule has 1 rings (SSSR count). The minimum Gasteiger partial charge on any atom is -0.379 e. The Morgan fingerprint density at radius 1 is 1.38 bits per heavy atom. The van der Waals surface area contributed by atoms with E-state index in [1.807, 2.05) is 0 Å². The molecule has 2 N–H and O–H groups in total. The van der Waals surface area contributed by atoms with Crippen molar-refractivity contribution >= 4 is 5.91 Å². The van der Waals surface area contributed by atoms with Crippen molar-refractivity contribution < 1.29 is 9.53 Å². The van der Waals surface area contributed by atoms with E-state index >= 15 is 0 Å². The summed E-state index contributed by atoms with van der Waals surface area (Å²) in [5.74, 6) is 0.897. The number of carbonyl (C=O) groups is 1. The van der Waals surface area contributed by atoms with Crippen LogP contribution in [0.1, 0.15) is 33.1 Å². The molecule has 0 aromatic rings. The van der Waals surface area contributed by atoms with Crippen LogP contribution in [0.2, 0.25) is 0 Å². The zero-order valence-corrected chi connectivity index (χ0v) is 10.4. The third kappa shape index (κ3) is 7.65. The van der Waals surface area contributed by atoms with Gasteiger partial charge in [0.15, 0.2) is 0 Å². The average Bonchev–Trinajstić information content (AvgIpc) is 3.00. The summed E-state index contributed by atoms with van der Waals surface area (Å²) in [6.07, 6.45) is 3.17. The minimum absolute atomic E-state index is 0.100. The van der Waals surface area contributed by atoms with Gasteiger partial charge in [0.25, 0.3) is 0 Å². The zero-order chi connectivity index (χ0) is 11.8. The smallest absolute Gasteiger partial charge is 0.221 e. The summed E-state index contributed by atoms with van der Waals surface area (Å²) in [5.41, 5.74) is 0. The Bertz CT molecular complexity index is 203. The highest BCUT2D eigenvalue weighted by atomic mass is 16.5. The maximum absolute atomic E-state index is 11.3. The van der Waals surface area contributed by atoms with Crippen LogP contribution in [0, 0.1) is 5.92 Å². The maximum Gasteiger partial charge on any atom is 0.221 e. The minimum atomic E-state index is 0.100. The Balaban J connectivity index is 1.81. The molecular weight excluding hydrogens is 204 g/mol. The number of hydrogen-bond acceptors (Lipinski definition) is 3. The normalized spacial score (nSPS) is 15.4. The van der Waals surface area contributed by atoms with Crippen molar-refractivity contribution in [2.45, 2.75) is 39.2 Å². The van der Waals surface area contributed by atoms with Crippen LogP contribution in [-0.2, 0) is 9.53 Å². The van der Waals surface area contributed by atoms with Gasteiger partial charge in [0.1, 0.15) is 0 Å². The third-order valence-electron chi connectivity index (χ3n) is 2.52. The van der Waals surface area contributed by atoms with E-state index in [1.165, 1.54) is 12.8 Å². The van der Waals surface area contributed by atoms with Crippen LogP contribution in [0.15, 0.2) is 0 Å². The molecule has 0 bridgehead atoms. The van der Waals surface area contributed by atoms with Gasteiger partial charge in [-0.05, 0) is 18.8 Å². The number of rotatable bonds is 9. The monoisotopic (exact) mass is 228 g/mol. The van der Waals surface area contributed by atoms with Crippen molar-refractivity contribution in [1.29, 1.82) is 0 Å². The quantitative estimate of drug-likeness (QED) is 0.577. The number of nitrogens with one attached hydrogen (secondary N) is 2. The summed E-state index contributed by atoms with van der Waals surface area (Å²) in [6, 6.07) is 0.440. The van der Waals surface area contributed by atoms with Gasteiger partial charge in [-0.15, -0.1) is 0 Å². The standard InChI is InChI=1S/C12H24N2O2/c1-10(2)13-6-5-12(15)14-7-8-16-9-11-3-4-11/h10-11,13H,3-9H2,1-2H3,(H,14,15). The van der Waals surface area contributed by atoms with Gasteiger partial charge in [-0.1, -0.05) is 13.8 Å². The molecule has 0 unspecified atom stereocenters. The molecule has 0 saturated heterocycles. The van der Waals surface area contributed by atoms with Crippen molar-refractivity contribution in [3.63, 3.8) is 0 Å². The van der Waals surface area contributed by atoms with Crippen molar-refractivity contribution in [1.82, 2.24) is 10.6 Å². The van der Waals surface area contributed by atoms with Crippen molar-refractivity contribution in [2.24, 2.45) is 5.92 Å². The fourth-order valence-corrected chi connectivity index (χ4v) is 1.36. The molecule has 16 heavy (non-hydrogen) atoms. The molecular formula is C12H24N2O2. The average molecular weight is 228 g/mol. The van der Waals surface area contributed by atoms with Crippen LogP contribution in [0.25, 0.3) is 0 Å². The lowest BCUT2D eigenvalue weighted by molar-refractivity contribution is -0.121. The third-order valence-corrected chi connectivity index (χ3v) is 2.52. The molecule has 0 spiro atoms. The lowest BCUT2D eigenvalue weighted by Gasteiger charge is -2.08. The number of carbonyl (C=O) groups excluding carboxylic acids is 1. The Kier molecular flexibility index (Phi) is 6.42. The zero-order valence-electron chi connectivity index (χ0n) is 10.4. The molecule has 1 aliphatic rings. The van der Waals surface area contributed by atoms with Crippen LogP contribution in [0.4, 0.5) is 0 Å². The van der Waals surface area contributed by atoms with Gasteiger partial charge in [0.05, 0.1) is 6.61 Å². The van der Waals surface area contributed by atoms with Crippen molar-refractivity contribution in [3.8, 4) is 0 Å². The molecule has 0 aromatic carbocycles. The van der Waals surface area contributed by atoms with Gasteiger partial charge in [0.2, 0.25) is 5.91 Å². The molecule has 4 heteroatoms. The largest absolute Gasteiger partial charge is 0.379 e. The Morgan fingerprint density at radius 2 is 2.12 bits per heavy atom. The summed E-state index contributed by atoms with van der Waals surface area (Å²) in [5, 5.41) is 6.06. The van der Waals surface area contributed by atoms with E-state index in [1.54, 1.807) is 0 Å². The predicted octanol–water partition coefficient (Wildman–Crippen LogP) is 0.917. The van der Waals surface area contributed by atoms with E-state index in [0.29, 0.717) is 25.6 Å². The van der Waals surface area contributed by atoms with E-state index in [-0.39, 0.29) is 5.91 Å². The highest BCUT2D eigenvalue weighted by Gasteiger charge is 2.20. The van der Waals surface area contributed by atoms with Gasteiger partial charge in [-0.2, -0.15) is 0 Å². The summed E-state index contributed by atoms with van der Waals surface area (Å²) in [7, 11) is 0. The predicted molar refractivity (Wildman–Crippen MR) is 64.3 cm³/mol. The summed E-state index contributed by atoms with van der Waals surface area (Å²) >= 11 is 0.